The van der Waals surface area contributed by atoms with Crippen molar-refractivity contribution in [2.45, 2.75) is 106 Å². The summed E-state index contributed by atoms with van der Waals surface area (Å²) in [6.45, 7) is 27.0. The third-order valence-electron chi connectivity index (χ3n) is 8.80. The summed E-state index contributed by atoms with van der Waals surface area (Å²) in [5.41, 5.74) is 8.42. The minimum Gasteiger partial charge on any atom is -0.230 e. The first kappa shape index (κ1) is 25.2. The van der Waals surface area contributed by atoms with Gasteiger partial charge in [0.25, 0.3) is 0 Å². The Morgan fingerprint density at radius 3 is 1.21 bits per heavy atom. The number of fused-ring (bicyclic) bond motifs is 6. The highest BCUT2D eigenvalue weighted by atomic mass is 15.1. The van der Waals surface area contributed by atoms with Crippen LogP contribution < -0.4 is 9.13 Å². The summed E-state index contributed by atoms with van der Waals surface area (Å²) in [6, 6.07) is 10.0. The molecule has 38 heavy (non-hydrogen) atoms. The Morgan fingerprint density at radius 1 is 0.553 bits per heavy atom. The normalized spacial score (nSPS) is 13.4. The molecule has 198 valence electrons. The second-order valence-corrected chi connectivity index (χ2v) is 13.2. The van der Waals surface area contributed by atoms with Gasteiger partial charge in [-0.05, 0) is 73.9 Å². The van der Waals surface area contributed by atoms with Crippen molar-refractivity contribution in [2.75, 3.05) is 0 Å². The molecule has 0 fully saturated rings. The Morgan fingerprint density at radius 2 is 0.895 bits per heavy atom. The molecule has 0 unspecified atom stereocenters. The fraction of sp³-hybridized carbons (Fsp3) is 0.471. The van der Waals surface area contributed by atoms with Crippen molar-refractivity contribution in [2.24, 2.45) is 0 Å². The molecule has 0 spiro atoms. The van der Waals surface area contributed by atoms with Crippen molar-refractivity contribution >= 4 is 54.4 Å². The van der Waals surface area contributed by atoms with E-state index in [9.17, 15) is 0 Å². The van der Waals surface area contributed by atoms with Gasteiger partial charge in [0.1, 0.15) is 0 Å². The van der Waals surface area contributed by atoms with Crippen molar-refractivity contribution in [3.8, 4) is 0 Å². The summed E-state index contributed by atoms with van der Waals surface area (Å²) < 4.78 is 9.92. The Hall–Kier alpha value is -3.14. The molecule has 2 heterocycles. The van der Waals surface area contributed by atoms with Gasteiger partial charge in [0.15, 0.2) is 22.1 Å². The number of aryl methyl sites for hydroxylation is 4. The second kappa shape index (κ2) is 8.18. The molecule has 6 aromatic rings. The van der Waals surface area contributed by atoms with Gasteiger partial charge >= 0.3 is 0 Å². The monoisotopic (exact) mass is 508 g/mol. The van der Waals surface area contributed by atoms with Gasteiger partial charge in [0.05, 0.1) is 26.2 Å². The predicted octanol–water partition coefficient (Wildman–Crippen LogP) is 7.74. The number of imidazole rings is 2. The Balaban J connectivity index is 2.07. The number of hydrogen-bond donors (Lipinski definition) is 0. The molecule has 4 heteroatoms. The van der Waals surface area contributed by atoms with Crippen LogP contribution in [0.1, 0.15) is 80.4 Å². The van der Waals surface area contributed by atoms with Gasteiger partial charge in [-0.25, -0.2) is 18.3 Å². The molecule has 0 radical (unpaired) electrons. The van der Waals surface area contributed by atoms with Crippen LogP contribution >= 0.6 is 0 Å². The van der Waals surface area contributed by atoms with Crippen LogP contribution in [-0.4, -0.2) is 9.13 Å². The quantitative estimate of drug-likeness (QED) is 0.171. The Labute approximate surface area is 226 Å². The summed E-state index contributed by atoms with van der Waals surface area (Å²) in [6.07, 6.45) is 4.69. The maximum absolute atomic E-state index is 2.51. The van der Waals surface area contributed by atoms with Gasteiger partial charge in [-0.3, -0.25) is 0 Å². The number of hydrogen-bond acceptors (Lipinski definition) is 0. The van der Waals surface area contributed by atoms with Crippen molar-refractivity contribution in [1.82, 2.24) is 9.13 Å². The van der Waals surface area contributed by atoms with Gasteiger partial charge in [-0.15, -0.1) is 0 Å². The van der Waals surface area contributed by atoms with E-state index in [1.165, 1.54) is 65.5 Å². The Bertz CT molecular complexity index is 1620. The zero-order chi connectivity index (χ0) is 27.3. The highest BCUT2D eigenvalue weighted by Crippen LogP contribution is 2.46. The zero-order valence-corrected chi connectivity index (χ0v) is 25.1. The molecule has 0 saturated carbocycles. The van der Waals surface area contributed by atoms with Gasteiger partial charge in [-0.2, -0.15) is 0 Å². The van der Waals surface area contributed by atoms with E-state index in [2.05, 4.69) is 124 Å². The van der Waals surface area contributed by atoms with Crippen LogP contribution in [0.15, 0.2) is 36.9 Å². The van der Waals surface area contributed by atoms with Crippen LogP contribution in [0.2, 0.25) is 0 Å². The third kappa shape index (κ3) is 3.28. The van der Waals surface area contributed by atoms with Crippen LogP contribution in [0, 0.1) is 0 Å². The number of rotatable bonds is 4. The van der Waals surface area contributed by atoms with E-state index in [1.54, 1.807) is 0 Å². The maximum atomic E-state index is 2.51. The lowest BCUT2D eigenvalue weighted by molar-refractivity contribution is -0.667. The van der Waals surface area contributed by atoms with Gasteiger partial charge in [-0.1, -0.05) is 41.5 Å². The second-order valence-electron chi connectivity index (χ2n) is 13.2. The molecule has 6 rings (SSSR count). The van der Waals surface area contributed by atoms with E-state index < -0.39 is 0 Å². The first-order valence-corrected chi connectivity index (χ1v) is 14.6. The van der Waals surface area contributed by atoms with Crippen molar-refractivity contribution < 1.29 is 9.13 Å². The average Bonchev–Trinajstić information content (AvgIpc) is 3.45. The molecule has 0 atom stereocenters. The smallest absolute Gasteiger partial charge is 0.230 e. The van der Waals surface area contributed by atoms with Gasteiger partial charge < -0.3 is 0 Å². The first-order valence-electron chi connectivity index (χ1n) is 14.6. The topological polar surface area (TPSA) is 17.6 Å². The van der Waals surface area contributed by atoms with E-state index in [-0.39, 0.29) is 10.8 Å². The van der Waals surface area contributed by atoms with Crippen LogP contribution in [0.25, 0.3) is 54.4 Å². The fourth-order valence-corrected chi connectivity index (χ4v) is 6.64. The van der Waals surface area contributed by atoms with E-state index in [1.807, 2.05) is 0 Å². The summed E-state index contributed by atoms with van der Waals surface area (Å²) in [4.78, 5) is 0. The van der Waals surface area contributed by atoms with E-state index in [0.29, 0.717) is 0 Å². The lowest BCUT2D eigenvalue weighted by Gasteiger charge is -2.24. The van der Waals surface area contributed by atoms with Crippen LogP contribution in [0.5, 0.6) is 0 Å². The largest absolute Gasteiger partial charge is 0.244 e. The molecular formula is C34H44N4+2. The van der Waals surface area contributed by atoms with Crippen LogP contribution in [-0.2, 0) is 37.0 Å². The van der Waals surface area contributed by atoms with E-state index in [0.717, 1.165) is 26.2 Å². The molecule has 4 nitrogen and oxygen atoms in total. The summed E-state index contributed by atoms with van der Waals surface area (Å²) >= 11 is 0. The highest BCUT2D eigenvalue weighted by Gasteiger charge is 2.32. The number of aromatic nitrogens is 4. The molecule has 2 aromatic heterocycles. The SMILES string of the molecule is CCn1c[n+](CC)c2c3cc(C(C)(C)C)cc4c3c3c(cc(C(C)(C)C)cc3c3c4[n+](CC)cn3CC)c21. The average molecular weight is 509 g/mol. The first-order chi connectivity index (χ1) is 17.9. The number of benzene rings is 4. The molecule has 0 saturated heterocycles. The van der Waals surface area contributed by atoms with Crippen LogP contribution in [0.4, 0.5) is 0 Å². The molecule has 0 amide bonds. The van der Waals surface area contributed by atoms with Crippen LogP contribution in [0.3, 0.4) is 0 Å². The number of nitrogens with zero attached hydrogens (tertiary/aromatic N) is 4. The molecule has 4 aromatic carbocycles. The molecular weight excluding hydrogens is 464 g/mol. The maximum Gasteiger partial charge on any atom is 0.244 e. The third-order valence-corrected chi connectivity index (χ3v) is 8.80. The minimum absolute atomic E-state index is 0.0528. The summed E-state index contributed by atoms with van der Waals surface area (Å²) in [5.74, 6) is 0. The van der Waals surface area contributed by atoms with Crippen molar-refractivity contribution in [3.05, 3.63) is 48.0 Å². The van der Waals surface area contributed by atoms with Crippen molar-refractivity contribution in [1.29, 1.82) is 0 Å². The zero-order valence-electron chi connectivity index (χ0n) is 25.1. The predicted molar refractivity (Wildman–Crippen MR) is 162 cm³/mol. The van der Waals surface area contributed by atoms with E-state index >= 15 is 0 Å². The lowest BCUT2D eigenvalue weighted by Crippen LogP contribution is -2.31. The lowest BCUT2D eigenvalue weighted by atomic mass is 9.80. The van der Waals surface area contributed by atoms with Crippen molar-refractivity contribution in [3.63, 3.8) is 0 Å². The molecule has 0 N–H and O–H groups in total. The molecule has 0 aliphatic carbocycles. The standard InChI is InChI=1S/C34H44N4/c1-11-35-19-36(12-2)30-24-16-22(34(8,9)10)18-26-28(24)27-23(29(30)35)15-21(33(5,6)7)17-25(27)31-32(26)38(14-4)20-37(31)13-3/h15-20H,11-14H2,1-10H3/q+2. The summed E-state index contributed by atoms with van der Waals surface area (Å²) in [5, 5.41) is 8.43. The summed E-state index contributed by atoms with van der Waals surface area (Å²) in [7, 11) is 0. The highest BCUT2D eigenvalue weighted by molar-refractivity contribution is 6.37. The molecule has 0 bridgehead atoms. The molecule has 0 aliphatic rings. The van der Waals surface area contributed by atoms with Gasteiger partial charge in [0.2, 0.25) is 12.7 Å². The van der Waals surface area contributed by atoms with E-state index in [4.69, 9.17) is 0 Å². The minimum atomic E-state index is 0.0528. The fourth-order valence-electron chi connectivity index (χ4n) is 6.64. The Kier molecular flexibility index (Phi) is 5.41. The molecule has 0 aliphatic heterocycles. The van der Waals surface area contributed by atoms with Gasteiger partial charge in [0, 0.05) is 32.3 Å².